The maximum atomic E-state index is 11.9. The van der Waals surface area contributed by atoms with Crippen LogP contribution in [0.15, 0.2) is 21.7 Å². The molecule has 0 aliphatic heterocycles. The zero-order chi connectivity index (χ0) is 12.0. The lowest BCUT2D eigenvalue weighted by atomic mass is 10.3. The Hall–Kier alpha value is 0.0500. The molecule has 0 amide bonds. The van der Waals surface area contributed by atoms with Crippen molar-refractivity contribution in [1.82, 2.24) is 4.72 Å². The van der Waals surface area contributed by atoms with Crippen molar-refractivity contribution in [2.45, 2.75) is 16.7 Å². The van der Waals surface area contributed by atoms with E-state index in [0.29, 0.717) is 17.2 Å². The predicted molar refractivity (Wildman–Crippen MR) is 68.7 cm³/mol. The highest BCUT2D eigenvalue weighted by Gasteiger charge is 2.20. The van der Waals surface area contributed by atoms with E-state index in [4.69, 9.17) is 4.74 Å². The maximum Gasteiger partial charge on any atom is 0.250 e. The van der Waals surface area contributed by atoms with Gasteiger partial charge in [-0.2, -0.15) is 0 Å². The van der Waals surface area contributed by atoms with Gasteiger partial charge in [0.15, 0.2) is 0 Å². The summed E-state index contributed by atoms with van der Waals surface area (Å²) in [5.41, 5.74) is 0. The molecule has 92 valence electrons. The van der Waals surface area contributed by atoms with Gasteiger partial charge in [-0.25, -0.2) is 13.1 Å². The van der Waals surface area contributed by atoms with Crippen LogP contribution in [0.1, 0.15) is 6.42 Å². The van der Waals surface area contributed by atoms with Crippen molar-refractivity contribution in [2.75, 3.05) is 19.0 Å². The van der Waals surface area contributed by atoms with Crippen LogP contribution in [-0.2, 0) is 14.8 Å². The summed E-state index contributed by atoms with van der Waals surface area (Å²) in [6.45, 7) is 0.371. The Morgan fingerprint density at radius 3 is 2.88 bits per heavy atom. The summed E-state index contributed by atoms with van der Waals surface area (Å²) in [6, 6.07) is 3.11. The fourth-order valence-corrected chi connectivity index (χ4v) is 4.02. The minimum Gasteiger partial charge on any atom is -0.383 e. The van der Waals surface area contributed by atoms with Gasteiger partial charge in [0.05, 0.1) is 6.61 Å². The molecule has 0 aliphatic rings. The van der Waals surface area contributed by atoms with Gasteiger partial charge in [0, 0.05) is 18.5 Å². The number of methoxy groups -OCH3 is 1. The first-order valence-corrected chi connectivity index (χ1v) is 8.19. The van der Waals surface area contributed by atoms with Gasteiger partial charge < -0.3 is 4.74 Å². The highest BCUT2D eigenvalue weighted by molar-refractivity contribution is 9.09. The summed E-state index contributed by atoms with van der Waals surface area (Å²) in [5.74, 6) is 0. The van der Waals surface area contributed by atoms with Crippen molar-refractivity contribution in [3.05, 3.63) is 17.5 Å². The third-order valence-corrected chi connectivity index (χ3v) is 5.28. The molecule has 0 spiro atoms. The Balaban J connectivity index is 2.70. The Morgan fingerprint density at radius 1 is 1.62 bits per heavy atom. The summed E-state index contributed by atoms with van der Waals surface area (Å²) >= 11 is 4.49. The number of alkyl halides is 1. The lowest BCUT2D eigenvalue weighted by molar-refractivity contribution is 0.173. The lowest BCUT2D eigenvalue weighted by Crippen LogP contribution is -2.37. The summed E-state index contributed by atoms with van der Waals surface area (Å²) in [6.07, 6.45) is 0.693. The van der Waals surface area contributed by atoms with Gasteiger partial charge >= 0.3 is 0 Å². The molecular weight excluding hydrogens is 314 g/mol. The third kappa shape index (κ3) is 4.14. The number of sulfonamides is 1. The van der Waals surface area contributed by atoms with Crippen molar-refractivity contribution in [3.63, 3.8) is 0 Å². The van der Waals surface area contributed by atoms with E-state index >= 15 is 0 Å². The largest absolute Gasteiger partial charge is 0.383 e. The molecule has 4 nitrogen and oxygen atoms in total. The molecule has 0 bridgehead atoms. The molecule has 1 aromatic heterocycles. The topological polar surface area (TPSA) is 55.4 Å². The van der Waals surface area contributed by atoms with Crippen molar-refractivity contribution in [2.24, 2.45) is 0 Å². The van der Waals surface area contributed by atoms with Crippen molar-refractivity contribution in [3.8, 4) is 0 Å². The van der Waals surface area contributed by atoms with Crippen LogP contribution in [0.2, 0.25) is 0 Å². The van der Waals surface area contributed by atoms with Gasteiger partial charge in [-0.3, -0.25) is 0 Å². The van der Waals surface area contributed by atoms with Gasteiger partial charge in [0.25, 0.3) is 0 Å². The van der Waals surface area contributed by atoms with E-state index in [9.17, 15) is 8.42 Å². The number of halogens is 1. The molecule has 0 saturated carbocycles. The van der Waals surface area contributed by atoms with Gasteiger partial charge in [-0.05, 0) is 17.9 Å². The number of hydrogen-bond acceptors (Lipinski definition) is 4. The van der Waals surface area contributed by atoms with Crippen LogP contribution >= 0.6 is 27.3 Å². The standard InChI is InChI=1S/C9H14BrNO3S2/c1-14-7-8(4-5-10)11-16(12,13)9-3-2-6-15-9/h2-3,6,8,11H,4-5,7H2,1H3. The summed E-state index contributed by atoms with van der Waals surface area (Å²) in [4.78, 5) is 0. The van der Waals surface area contributed by atoms with Crippen LogP contribution in [0.4, 0.5) is 0 Å². The first-order chi connectivity index (χ1) is 7.60. The fourth-order valence-electron chi connectivity index (χ4n) is 1.20. The van der Waals surface area contributed by atoms with Crippen LogP contribution in [0.3, 0.4) is 0 Å². The third-order valence-electron chi connectivity index (χ3n) is 1.91. The van der Waals surface area contributed by atoms with E-state index in [2.05, 4.69) is 20.7 Å². The Kier molecular flexibility index (Phi) is 5.91. The minimum absolute atomic E-state index is 0.198. The molecule has 0 radical (unpaired) electrons. The monoisotopic (exact) mass is 327 g/mol. The highest BCUT2D eigenvalue weighted by Crippen LogP contribution is 2.16. The van der Waals surface area contributed by atoms with Crippen LogP contribution in [0.25, 0.3) is 0 Å². The molecule has 0 fully saturated rings. The lowest BCUT2D eigenvalue weighted by Gasteiger charge is -2.15. The number of nitrogens with one attached hydrogen (secondary N) is 1. The molecule has 16 heavy (non-hydrogen) atoms. The van der Waals surface area contributed by atoms with E-state index in [-0.39, 0.29) is 6.04 Å². The van der Waals surface area contributed by atoms with Gasteiger partial charge in [-0.1, -0.05) is 22.0 Å². The number of hydrogen-bond donors (Lipinski definition) is 1. The van der Waals surface area contributed by atoms with E-state index in [1.165, 1.54) is 11.3 Å². The predicted octanol–water partition coefficient (Wildman–Crippen LogP) is 1.83. The van der Waals surface area contributed by atoms with Gasteiger partial charge in [0.2, 0.25) is 10.0 Å². The number of ether oxygens (including phenoxy) is 1. The zero-order valence-electron chi connectivity index (χ0n) is 8.85. The Morgan fingerprint density at radius 2 is 2.38 bits per heavy atom. The Labute approximate surface area is 108 Å². The molecule has 0 aliphatic carbocycles. The van der Waals surface area contributed by atoms with Gasteiger partial charge in [0.1, 0.15) is 4.21 Å². The zero-order valence-corrected chi connectivity index (χ0v) is 12.1. The average Bonchev–Trinajstić information content (AvgIpc) is 2.71. The maximum absolute atomic E-state index is 11.9. The second-order valence-electron chi connectivity index (χ2n) is 3.18. The first kappa shape index (κ1) is 14.1. The Bertz CT molecular complexity index is 385. The second kappa shape index (κ2) is 6.70. The van der Waals surface area contributed by atoms with E-state index in [1.807, 2.05) is 0 Å². The highest BCUT2D eigenvalue weighted by atomic mass is 79.9. The molecule has 0 saturated heterocycles. The first-order valence-electron chi connectivity index (χ1n) is 4.71. The molecule has 1 atom stereocenters. The molecule has 1 unspecified atom stereocenters. The molecule has 1 heterocycles. The minimum atomic E-state index is -3.39. The van der Waals surface area contributed by atoms with Crippen LogP contribution < -0.4 is 4.72 Å². The van der Waals surface area contributed by atoms with Crippen LogP contribution in [-0.4, -0.2) is 33.5 Å². The summed E-state index contributed by atoms with van der Waals surface area (Å²) in [7, 11) is -1.84. The molecule has 1 rings (SSSR count). The molecule has 1 N–H and O–H groups in total. The SMILES string of the molecule is COCC(CCBr)NS(=O)(=O)c1cccs1. The smallest absolute Gasteiger partial charge is 0.250 e. The molecule has 1 aromatic rings. The molecule has 0 aromatic carbocycles. The second-order valence-corrected chi connectivity index (χ2v) is 6.86. The molecular formula is C9H14BrNO3S2. The number of thiophene rings is 1. The summed E-state index contributed by atoms with van der Waals surface area (Å²) < 4.78 is 31.7. The van der Waals surface area contributed by atoms with Crippen molar-refractivity contribution >= 4 is 37.3 Å². The van der Waals surface area contributed by atoms with E-state index < -0.39 is 10.0 Å². The summed E-state index contributed by atoms with van der Waals surface area (Å²) in [5, 5.41) is 2.47. The van der Waals surface area contributed by atoms with Crippen molar-refractivity contribution in [1.29, 1.82) is 0 Å². The van der Waals surface area contributed by atoms with Crippen molar-refractivity contribution < 1.29 is 13.2 Å². The fraction of sp³-hybridized carbons (Fsp3) is 0.556. The van der Waals surface area contributed by atoms with Crippen LogP contribution in [0, 0.1) is 0 Å². The van der Waals surface area contributed by atoms with Gasteiger partial charge in [-0.15, -0.1) is 11.3 Å². The average molecular weight is 328 g/mol. The number of rotatable bonds is 7. The van der Waals surface area contributed by atoms with E-state index in [0.717, 1.165) is 5.33 Å². The van der Waals surface area contributed by atoms with E-state index in [1.54, 1.807) is 24.6 Å². The van der Waals surface area contributed by atoms with Crippen LogP contribution in [0.5, 0.6) is 0 Å². The normalized spacial score (nSPS) is 13.9. The molecule has 7 heteroatoms. The quantitative estimate of drug-likeness (QED) is 0.777.